The Morgan fingerprint density at radius 1 is 1.43 bits per heavy atom. The van der Waals surface area contributed by atoms with Gasteiger partial charge in [-0.1, -0.05) is 42.5 Å². The minimum atomic E-state index is -0.863. The van der Waals surface area contributed by atoms with Crippen molar-refractivity contribution in [2.24, 2.45) is 5.92 Å². The molecular weight excluding hydrogens is 310 g/mol. The lowest BCUT2D eigenvalue weighted by Gasteiger charge is -2.26. The number of hydrogen-bond acceptors (Lipinski definition) is 4. The fourth-order valence-electron chi connectivity index (χ4n) is 2.67. The second-order valence-corrected chi connectivity index (χ2v) is 5.83. The fraction of sp³-hybridized carbons (Fsp3) is 0.333. The summed E-state index contributed by atoms with van der Waals surface area (Å²) in [5, 5.41) is 10.3. The molecule has 1 aliphatic heterocycles. The van der Waals surface area contributed by atoms with Gasteiger partial charge in [-0.25, -0.2) is 0 Å². The van der Waals surface area contributed by atoms with E-state index in [9.17, 15) is 9.90 Å². The number of aliphatic hydroxyl groups excluding tert-OH is 1. The standard InChI is InChI=1S/C18H21NO3S/c1-3-8-16(20)15(4-2)17(21)19-14(12-22-18(19)23)11-13-9-6-5-7-10-13/h3-7,9-10,14-16,20H,1-2,8,11-12H2/t14-,15-,16+/m1/s1. The lowest BCUT2D eigenvalue weighted by atomic mass is 9.97. The molecular formula is C18H21NO3S. The molecule has 0 saturated carbocycles. The maximum Gasteiger partial charge on any atom is 0.266 e. The van der Waals surface area contributed by atoms with Crippen molar-refractivity contribution >= 4 is 23.3 Å². The van der Waals surface area contributed by atoms with Crippen molar-refractivity contribution in [1.82, 2.24) is 4.90 Å². The first kappa shape index (κ1) is 17.4. The Bertz CT molecular complexity index is 587. The highest BCUT2D eigenvalue weighted by atomic mass is 32.1. The van der Waals surface area contributed by atoms with Crippen molar-refractivity contribution in [2.45, 2.75) is 25.0 Å². The summed E-state index contributed by atoms with van der Waals surface area (Å²) in [6.07, 6.45) is 3.13. The molecule has 23 heavy (non-hydrogen) atoms. The summed E-state index contributed by atoms with van der Waals surface area (Å²) in [6.45, 7) is 7.62. The average molecular weight is 331 g/mol. The van der Waals surface area contributed by atoms with Gasteiger partial charge in [-0.15, -0.1) is 13.2 Å². The SMILES string of the molecule is C=CC[C@H](O)[C@@H](C=C)C(=O)N1C(=S)OC[C@H]1Cc1ccccc1. The highest BCUT2D eigenvalue weighted by Crippen LogP contribution is 2.23. The first-order valence-electron chi connectivity index (χ1n) is 7.53. The van der Waals surface area contributed by atoms with Crippen molar-refractivity contribution in [3.8, 4) is 0 Å². The summed E-state index contributed by atoms with van der Waals surface area (Å²) in [5.74, 6) is -1.01. The van der Waals surface area contributed by atoms with Crippen LogP contribution in [0.25, 0.3) is 0 Å². The molecule has 3 atom stereocenters. The Morgan fingerprint density at radius 2 is 2.13 bits per heavy atom. The zero-order chi connectivity index (χ0) is 16.8. The normalized spacial score (nSPS) is 19.8. The average Bonchev–Trinajstić information content (AvgIpc) is 2.89. The van der Waals surface area contributed by atoms with Crippen LogP contribution < -0.4 is 0 Å². The number of aliphatic hydroxyl groups is 1. The molecule has 1 aromatic rings. The highest BCUT2D eigenvalue weighted by Gasteiger charge is 2.39. The monoisotopic (exact) mass is 331 g/mol. The number of benzene rings is 1. The number of thiocarbonyl (C=S) groups is 1. The van der Waals surface area contributed by atoms with Gasteiger partial charge in [-0.2, -0.15) is 0 Å². The lowest BCUT2D eigenvalue weighted by molar-refractivity contribution is -0.134. The van der Waals surface area contributed by atoms with Gasteiger partial charge in [0, 0.05) is 0 Å². The van der Waals surface area contributed by atoms with Gasteiger partial charge < -0.3 is 9.84 Å². The summed E-state index contributed by atoms with van der Waals surface area (Å²) in [6, 6.07) is 9.69. The van der Waals surface area contributed by atoms with Gasteiger partial charge in [-0.05, 0) is 30.6 Å². The van der Waals surface area contributed by atoms with E-state index in [1.165, 1.54) is 11.0 Å². The molecule has 0 aliphatic carbocycles. The van der Waals surface area contributed by atoms with Crippen LogP contribution in [-0.2, 0) is 16.0 Å². The van der Waals surface area contributed by atoms with Gasteiger partial charge >= 0.3 is 0 Å². The molecule has 0 spiro atoms. The third kappa shape index (κ3) is 4.06. The molecule has 0 aromatic heterocycles. The quantitative estimate of drug-likeness (QED) is 0.616. The Kier molecular flexibility index (Phi) is 6.07. The molecule has 4 nitrogen and oxygen atoms in total. The van der Waals surface area contributed by atoms with E-state index in [0.717, 1.165) is 5.56 Å². The topological polar surface area (TPSA) is 49.8 Å². The summed E-state index contributed by atoms with van der Waals surface area (Å²) in [4.78, 5) is 14.3. The van der Waals surface area contributed by atoms with E-state index >= 15 is 0 Å². The smallest absolute Gasteiger partial charge is 0.266 e. The van der Waals surface area contributed by atoms with Gasteiger partial charge in [0.2, 0.25) is 5.91 Å². The largest absolute Gasteiger partial charge is 0.468 e. The van der Waals surface area contributed by atoms with Crippen LogP contribution >= 0.6 is 12.2 Å². The Balaban J connectivity index is 2.16. The van der Waals surface area contributed by atoms with E-state index in [-0.39, 0.29) is 17.1 Å². The van der Waals surface area contributed by atoms with Gasteiger partial charge in [0.25, 0.3) is 5.17 Å². The van der Waals surface area contributed by atoms with Gasteiger partial charge in [-0.3, -0.25) is 9.69 Å². The fourth-order valence-corrected chi connectivity index (χ4v) is 2.97. The Morgan fingerprint density at radius 3 is 2.74 bits per heavy atom. The maximum absolute atomic E-state index is 12.8. The van der Waals surface area contributed by atoms with Gasteiger partial charge in [0.05, 0.1) is 18.1 Å². The third-order valence-corrected chi connectivity index (χ3v) is 4.19. The number of rotatable bonds is 7. The van der Waals surface area contributed by atoms with Crippen molar-refractivity contribution in [3.63, 3.8) is 0 Å². The summed E-state index contributed by atoms with van der Waals surface area (Å²) < 4.78 is 5.41. The van der Waals surface area contributed by atoms with E-state index in [1.807, 2.05) is 30.3 Å². The van der Waals surface area contributed by atoms with Crippen LogP contribution in [0.1, 0.15) is 12.0 Å². The Hall–Kier alpha value is -1.98. The van der Waals surface area contributed by atoms with E-state index < -0.39 is 12.0 Å². The molecule has 0 radical (unpaired) electrons. The molecule has 1 N–H and O–H groups in total. The molecule has 0 bridgehead atoms. The number of amides is 1. The van der Waals surface area contributed by atoms with Crippen LogP contribution in [0.15, 0.2) is 55.6 Å². The van der Waals surface area contributed by atoms with Crippen LogP contribution in [-0.4, -0.2) is 39.8 Å². The van der Waals surface area contributed by atoms with Gasteiger partial charge in [0.1, 0.15) is 6.61 Å². The van der Waals surface area contributed by atoms with Crippen molar-refractivity contribution in [3.05, 3.63) is 61.2 Å². The molecule has 0 unspecified atom stereocenters. The molecule has 1 aromatic carbocycles. The number of carbonyl (C=O) groups is 1. The van der Waals surface area contributed by atoms with Crippen LogP contribution in [0, 0.1) is 5.92 Å². The first-order chi connectivity index (χ1) is 11.1. The summed E-state index contributed by atoms with van der Waals surface area (Å²) in [5.41, 5.74) is 1.10. The minimum Gasteiger partial charge on any atom is -0.468 e. The van der Waals surface area contributed by atoms with E-state index in [4.69, 9.17) is 17.0 Å². The van der Waals surface area contributed by atoms with Crippen LogP contribution in [0.2, 0.25) is 0 Å². The minimum absolute atomic E-state index is 0.161. The summed E-state index contributed by atoms with van der Waals surface area (Å²) in [7, 11) is 0. The van der Waals surface area contributed by atoms with Crippen LogP contribution in [0.3, 0.4) is 0 Å². The number of nitrogens with zero attached hydrogens (tertiary/aromatic N) is 1. The van der Waals surface area contributed by atoms with Crippen molar-refractivity contribution < 1.29 is 14.6 Å². The molecule has 5 heteroatoms. The van der Waals surface area contributed by atoms with E-state index in [0.29, 0.717) is 19.4 Å². The molecule has 1 aliphatic rings. The van der Waals surface area contributed by atoms with Crippen molar-refractivity contribution in [2.75, 3.05) is 6.61 Å². The molecule has 1 amide bonds. The molecule has 122 valence electrons. The van der Waals surface area contributed by atoms with Crippen LogP contribution in [0.4, 0.5) is 0 Å². The lowest BCUT2D eigenvalue weighted by Crippen LogP contribution is -2.45. The van der Waals surface area contributed by atoms with E-state index in [2.05, 4.69) is 13.2 Å². The molecule has 1 saturated heterocycles. The maximum atomic E-state index is 12.8. The molecule has 1 heterocycles. The van der Waals surface area contributed by atoms with Gasteiger partial charge in [0.15, 0.2) is 0 Å². The number of ether oxygens (including phenoxy) is 1. The zero-order valence-electron chi connectivity index (χ0n) is 12.9. The van der Waals surface area contributed by atoms with Crippen LogP contribution in [0.5, 0.6) is 0 Å². The highest BCUT2D eigenvalue weighted by molar-refractivity contribution is 7.80. The summed E-state index contributed by atoms with van der Waals surface area (Å²) >= 11 is 5.18. The Labute approximate surface area is 142 Å². The zero-order valence-corrected chi connectivity index (χ0v) is 13.7. The predicted molar refractivity (Wildman–Crippen MR) is 93.8 cm³/mol. The number of carbonyl (C=O) groups excluding carboxylic acids is 1. The second-order valence-electron chi connectivity index (χ2n) is 5.48. The third-order valence-electron chi connectivity index (χ3n) is 3.87. The molecule has 2 rings (SSSR count). The molecule has 1 fully saturated rings. The predicted octanol–water partition coefficient (Wildman–Crippen LogP) is 2.48. The van der Waals surface area contributed by atoms with E-state index in [1.54, 1.807) is 6.08 Å². The number of hydrogen-bond donors (Lipinski definition) is 1. The second kappa shape index (κ2) is 8.04. The first-order valence-corrected chi connectivity index (χ1v) is 7.94. The van der Waals surface area contributed by atoms with Crippen molar-refractivity contribution in [1.29, 1.82) is 0 Å².